The van der Waals surface area contributed by atoms with Crippen LogP contribution in [0.5, 0.6) is 5.75 Å². The largest absolute Gasteiger partial charge is 0.507 e. The number of phenols is 1. The molecule has 3 N–H and O–H groups in total. The van der Waals surface area contributed by atoms with Gasteiger partial charge >= 0.3 is 5.97 Å². The molecular formula is C31H45N3O7. The maximum atomic E-state index is 13.4. The summed E-state index contributed by atoms with van der Waals surface area (Å²) in [5.74, 6) is -0.124. The fourth-order valence-corrected chi connectivity index (χ4v) is 6.48. The number of aryl methyl sites for hydroxylation is 2. The Hall–Kier alpha value is -3.14. The lowest BCUT2D eigenvalue weighted by Gasteiger charge is -2.39. The van der Waals surface area contributed by atoms with E-state index in [1.165, 1.54) is 4.90 Å². The normalized spacial score (nSPS) is 28.9. The lowest BCUT2D eigenvalue weighted by Crippen LogP contribution is -2.55. The van der Waals surface area contributed by atoms with Crippen molar-refractivity contribution in [2.45, 2.75) is 111 Å². The third kappa shape index (κ3) is 7.02. The van der Waals surface area contributed by atoms with E-state index in [1.807, 2.05) is 0 Å². The van der Waals surface area contributed by atoms with Gasteiger partial charge in [-0.3, -0.25) is 19.2 Å². The Morgan fingerprint density at radius 3 is 2.44 bits per heavy atom. The summed E-state index contributed by atoms with van der Waals surface area (Å²) in [5, 5.41) is 15.7. The lowest BCUT2D eigenvalue weighted by atomic mass is 9.75. The quantitative estimate of drug-likeness (QED) is 0.408. The minimum absolute atomic E-state index is 0.0175. The number of esters is 1. The molecule has 10 heteroatoms. The van der Waals surface area contributed by atoms with Crippen LogP contribution in [0.3, 0.4) is 0 Å². The van der Waals surface area contributed by atoms with Crippen LogP contribution < -0.4 is 10.6 Å². The van der Waals surface area contributed by atoms with Gasteiger partial charge in [-0.05, 0) is 87.5 Å². The average Bonchev–Trinajstić information content (AvgIpc) is 3.52. The first-order valence-electron chi connectivity index (χ1n) is 14.9. The smallest absolute Gasteiger partial charge is 0.310 e. The molecule has 1 aliphatic carbocycles. The highest BCUT2D eigenvalue weighted by Crippen LogP contribution is 2.37. The molecule has 2 saturated heterocycles. The number of nitrogens with one attached hydrogen (secondary N) is 2. The molecule has 0 aromatic heterocycles. The van der Waals surface area contributed by atoms with Gasteiger partial charge in [0.1, 0.15) is 23.9 Å². The van der Waals surface area contributed by atoms with Crippen LogP contribution in [0.4, 0.5) is 0 Å². The number of ether oxygens (including phenoxy) is 2. The van der Waals surface area contributed by atoms with Crippen LogP contribution in [-0.4, -0.2) is 70.8 Å². The van der Waals surface area contributed by atoms with Gasteiger partial charge in [-0.15, -0.1) is 0 Å². The average molecular weight is 572 g/mol. The standard InChI is InChI=1S/C31H45N3O7/c1-16(2)22-10-9-17(3)12-25(22)40-31-23(15-26(35)41-31)33-29(38)24-8-7-11-34(24)30(39)20(6)32-28(37)21-13-18(4)27(36)19(5)14-21/h13-14,16-17,20,22-25,31,36H,7-12,15H2,1-6H3,(H,32,37)(H,33,38)/t17-,20+,22+,23+,24+,25-,31?/m1/s1. The van der Waals surface area contributed by atoms with Gasteiger partial charge in [0, 0.05) is 12.1 Å². The molecule has 2 heterocycles. The van der Waals surface area contributed by atoms with Crippen LogP contribution in [-0.2, 0) is 23.9 Å². The Balaban J connectivity index is 1.38. The van der Waals surface area contributed by atoms with Gasteiger partial charge in [0.2, 0.25) is 18.1 Å². The van der Waals surface area contributed by atoms with Gasteiger partial charge in [0.05, 0.1) is 12.5 Å². The second-order valence-corrected chi connectivity index (χ2v) is 12.5. The molecule has 3 aliphatic rings. The van der Waals surface area contributed by atoms with E-state index in [9.17, 15) is 24.3 Å². The lowest BCUT2D eigenvalue weighted by molar-refractivity contribution is -0.191. The molecular weight excluding hydrogens is 526 g/mol. The van der Waals surface area contributed by atoms with Crippen molar-refractivity contribution in [3.8, 4) is 5.75 Å². The van der Waals surface area contributed by atoms with Crippen molar-refractivity contribution in [3.63, 3.8) is 0 Å². The molecule has 4 rings (SSSR count). The maximum Gasteiger partial charge on any atom is 0.310 e. The molecule has 0 radical (unpaired) electrons. The van der Waals surface area contributed by atoms with Crippen molar-refractivity contribution in [1.82, 2.24) is 15.5 Å². The predicted molar refractivity (Wildman–Crippen MR) is 152 cm³/mol. The highest BCUT2D eigenvalue weighted by atomic mass is 16.7. The minimum atomic E-state index is -0.862. The highest BCUT2D eigenvalue weighted by molar-refractivity contribution is 5.99. The van der Waals surface area contributed by atoms with Gasteiger partial charge in [-0.25, -0.2) is 0 Å². The van der Waals surface area contributed by atoms with Crippen molar-refractivity contribution in [2.24, 2.45) is 17.8 Å². The van der Waals surface area contributed by atoms with Gasteiger partial charge < -0.3 is 30.1 Å². The molecule has 41 heavy (non-hydrogen) atoms. The summed E-state index contributed by atoms with van der Waals surface area (Å²) < 4.78 is 11.9. The van der Waals surface area contributed by atoms with E-state index in [1.54, 1.807) is 32.9 Å². The van der Waals surface area contributed by atoms with E-state index in [0.717, 1.165) is 19.3 Å². The number of benzene rings is 1. The number of amides is 3. The number of carbonyl (C=O) groups excluding carboxylic acids is 4. The Kier molecular flexibility index (Phi) is 9.62. The van der Waals surface area contributed by atoms with E-state index >= 15 is 0 Å². The zero-order valence-electron chi connectivity index (χ0n) is 25.1. The number of rotatable bonds is 8. The predicted octanol–water partition coefficient (Wildman–Crippen LogP) is 3.35. The van der Waals surface area contributed by atoms with E-state index in [-0.39, 0.29) is 30.1 Å². The molecule has 1 unspecified atom stereocenters. The number of cyclic esters (lactones) is 1. The van der Waals surface area contributed by atoms with Gasteiger partial charge in [0.15, 0.2) is 0 Å². The second kappa shape index (κ2) is 12.8. The van der Waals surface area contributed by atoms with Crippen LogP contribution in [0, 0.1) is 31.6 Å². The summed E-state index contributed by atoms with van der Waals surface area (Å²) in [6, 6.07) is 0.938. The van der Waals surface area contributed by atoms with Crippen LogP contribution in [0.1, 0.15) is 87.7 Å². The highest BCUT2D eigenvalue weighted by Gasteiger charge is 2.44. The van der Waals surface area contributed by atoms with E-state index in [4.69, 9.17) is 9.47 Å². The van der Waals surface area contributed by atoms with Gasteiger partial charge in [0.25, 0.3) is 5.91 Å². The van der Waals surface area contributed by atoms with Crippen LogP contribution in [0.25, 0.3) is 0 Å². The molecule has 0 spiro atoms. The molecule has 1 aromatic carbocycles. The van der Waals surface area contributed by atoms with Crippen LogP contribution in [0.15, 0.2) is 12.1 Å². The zero-order chi connectivity index (χ0) is 30.0. The maximum absolute atomic E-state index is 13.4. The van der Waals surface area contributed by atoms with E-state index < -0.39 is 36.3 Å². The number of likely N-dealkylation sites (tertiary alicyclic amines) is 1. The number of nitrogens with zero attached hydrogens (tertiary/aromatic N) is 1. The summed E-state index contributed by atoms with van der Waals surface area (Å²) in [4.78, 5) is 53.4. The molecule has 1 saturated carbocycles. The summed E-state index contributed by atoms with van der Waals surface area (Å²) in [6.07, 6.45) is 3.33. The number of hydrogen-bond donors (Lipinski definition) is 3. The van der Waals surface area contributed by atoms with Crippen molar-refractivity contribution >= 4 is 23.7 Å². The molecule has 7 atom stereocenters. The number of aromatic hydroxyl groups is 1. The third-order valence-corrected chi connectivity index (χ3v) is 8.87. The summed E-state index contributed by atoms with van der Waals surface area (Å²) in [6.45, 7) is 12.0. The summed E-state index contributed by atoms with van der Waals surface area (Å²) in [7, 11) is 0. The Bertz CT molecular complexity index is 1150. The minimum Gasteiger partial charge on any atom is -0.507 e. The van der Waals surface area contributed by atoms with E-state index in [2.05, 4.69) is 31.4 Å². The zero-order valence-corrected chi connectivity index (χ0v) is 25.1. The van der Waals surface area contributed by atoms with E-state index in [0.29, 0.717) is 53.8 Å². The molecule has 0 bridgehead atoms. The fourth-order valence-electron chi connectivity index (χ4n) is 6.48. The fraction of sp³-hybridized carbons (Fsp3) is 0.677. The first-order valence-corrected chi connectivity index (χ1v) is 14.9. The Morgan fingerprint density at radius 2 is 1.78 bits per heavy atom. The summed E-state index contributed by atoms with van der Waals surface area (Å²) in [5.41, 5.74) is 1.48. The first-order chi connectivity index (χ1) is 19.3. The van der Waals surface area contributed by atoms with Crippen molar-refractivity contribution in [3.05, 3.63) is 28.8 Å². The molecule has 226 valence electrons. The Morgan fingerprint density at radius 1 is 1.10 bits per heavy atom. The topological polar surface area (TPSA) is 134 Å². The molecule has 2 aliphatic heterocycles. The molecule has 1 aromatic rings. The molecule has 3 amide bonds. The van der Waals surface area contributed by atoms with Crippen molar-refractivity contribution in [2.75, 3.05) is 6.54 Å². The summed E-state index contributed by atoms with van der Waals surface area (Å²) >= 11 is 0. The van der Waals surface area contributed by atoms with Gasteiger partial charge in [-0.1, -0.05) is 27.2 Å². The molecule has 3 fully saturated rings. The number of phenolic OH excluding ortho intramolecular Hbond substituents is 1. The Labute approximate surface area is 242 Å². The van der Waals surface area contributed by atoms with Crippen molar-refractivity contribution in [1.29, 1.82) is 0 Å². The molecule has 10 nitrogen and oxygen atoms in total. The van der Waals surface area contributed by atoms with Crippen LogP contribution >= 0.6 is 0 Å². The van der Waals surface area contributed by atoms with Crippen LogP contribution in [0.2, 0.25) is 0 Å². The monoisotopic (exact) mass is 571 g/mol. The number of hydrogen-bond acceptors (Lipinski definition) is 7. The number of carbonyl (C=O) groups is 4. The van der Waals surface area contributed by atoms with Gasteiger partial charge in [-0.2, -0.15) is 0 Å². The third-order valence-electron chi connectivity index (χ3n) is 8.87. The van der Waals surface area contributed by atoms with Crippen molar-refractivity contribution < 1.29 is 33.8 Å². The first kappa shape index (κ1) is 30.8. The SMILES string of the molecule is Cc1cc(C(=O)N[C@@H](C)C(=O)N2CCC[C@H]2C(=O)N[C@H]2CC(=O)OC2O[C@@H]2C[C@H](C)CC[C@H]2C(C)C)cc(C)c1O. The second-order valence-electron chi connectivity index (χ2n) is 12.5.